The van der Waals surface area contributed by atoms with Crippen LogP contribution in [0.4, 0.5) is 9.80 Å². The number of nitrogens with two attached hydrogens (primary N) is 1. The topological polar surface area (TPSA) is 102 Å². The van der Waals surface area contributed by atoms with E-state index < -0.39 is 12.0 Å². The highest BCUT2D eigenvalue weighted by atomic mass is 32.1. The monoisotopic (exact) mass is 387 g/mol. The fourth-order valence-electron chi connectivity index (χ4n) is 3.19. The number of nitrogens with one attached hydrogen (secondary N) is 1. The fourth-order valence-corrected chi connectivity index (χ4v) is 4.45. The van der Waals surface area contributed by atoms with Crippen molar-refractivity contribution in [1.82, 2.24) is 4.90 Å². The lowest BCUT2D eigenvalue weighted by Gasteiger charge is -2.25. The first-order chi connectivity index (χ1) is 12.8. The van der Waals surface area contributed by atoms with Crippen molar-refractivity contribution >= 4 is 34.2 Å². The maximum Gasteiger partial charge on any atom is 0.409 e. The molecule has 8 heteroatoms. The number of amides is 3. The molecule has 2 aromatic rings. The molecule has 0 atom stereocenters. The third-order valence-electron chi connectivity index (χ3n) is 4.60. The Morgan fingerprint density at radius 2 is 2.00 bits per heavy atom. The Morgan fingerprint density at radius 3 is 2.67 bits per heavy atom. The summed E-state index contributed by atoms with van der Waals surface area (Å²) < 4.78 is 4.77. The molecular formula is C19H21N3O4S. The molecule has 1 aliphatic heterocycles. The summed E-state index contributed by atoms with van der Waals surface area (Å²) in [5, 5.41) is 3.26. The van der Waals surface area contributed by atoms with Crippen LogP contribution < -0.4 is 11.1 Å². The smallest absolute Gasteiger partial charge is 0.409 e. The molecule has 3 rings (SSSR count). The predicted molar refractivity (Wildman–Crippen MR) is 103 cm³/mol. The van der Waals surface area contributed by atoms with Gasteiger partial charge in [-0.25, -0.2) is 4.79 Å². The van der Waals surface area contributed by atoms with Crippen molar-refractivity contribution in [2.45, 2.75) is 26.8 Å². The lowest BCUT2D eigenvalue weighted by atomic mass is 10.0. The number of carbonyl (C=O) groups excluding carboxylic acids is 3. The van der Waals surface area contributed by atoms with Crippen molar-refractivity contribution < 1.29 is 19.1 Å². The summed E-state index contributed by atoms with van der Waals surface area (Å²) in [6, 6.07) is 5.63. The summed E-state index contributed by atoms with van der Waals surface area (Å²) in [4.78, 5) is 39.0. The summed E-state index contributed by atoms with van der Waals surface area (Å²) in [5.74, 6) is -0.877. The molecule has 1 aliphatic rings. The highest BCUT2D eigenvalue weighted by Crippen LogP contribution is 2.37. The number of hydrogen-bond acceptors (Lipinski definition) is 5. The van der Waals surface area contributed by atoms with Crippen LogP contribution in [0.1, 0.15) is 42.3 Å². The van der Waals surface area contributed by atoms with Crippen molar-refractivity contribution in [2.75, 3.05) is 19.0 Å². The van der Waals surface area contributed by atoms with Crippen LogP contribution in [0.15, 0.2) is 18.2 Å². The molecule has 0 saturated heterocycles. The molecule has 7 nitrogen and oxygen atoms in total. The molecule has 0 saturated carbocycles. The van der Waals surface area contributed by atoms with Crippen molar-refractivity contribution in [3.05, 3.63) is 50.9 Å². The maximum absolute atomic E-state index is 12.8. The van der Waals surface area contributed by atoms with Gasteiger partial charge in [-0.15, -0.1) is 11.3 Å². The first-order valence-corrected chi connectivity index (χ1v) is 9.29. The second kappa shape index (κ2) is 7.40. The molecule has 1 aromatic carbocycles. The van der Waals surface area contributed by atoms with Crippen LogP contribution in [0.2, 0.25) is 0 Å². The molecule has 142 valence electrons. The Kier molecular flexibility index (Phi) is 5.18. The second-order valence-corrected chi connectivity index (χ2v) is 7.59. The van der Waals surface area contributed by atoms with Crippen molar-refractivity contribution in [3.63, 3.8) is 0 Å². The van der Waals surface area contributed by atoms with Crippen LogP contribution in [-0.2, 0) is 17.7 Å². The number of nitrogens with zero attached hydrogens (tertiary/aromatic N) is 1. The fraction of sp³-hybridized carbons (Fsp3) is 0.316. The molecule has 27 heavy (non-hydrogen) atoms. The maximum atomic E-state index is 12.8. The number of fused-ring (bicyclic) bond motifs is 1. The average Bonchev–Trinajstić information content (AvgIpc) is 2.99. The number of methoxy groups -OCH3 is 1. The van der Waals surface area contributed by atoms with Gasteiger partial charge in [0, 0.05) is 17.0 Å². The van der Waals surface area contributed by atoms with Crippen LogP contribution in [0.25, 0.3) is 0 Å². The lowest BCUT2D eigenvalue weighted by Crippen LogP contribution is -2.35. The van der Waals surface area contributed by atoms with Crippen molar-refractivity contribution in [3.8, 4) is 0 Å². The van der Waals surface area contributed by atoms with E-state index in [1.54, 1.807) is 11.0 Å². The molecule has 0 fully saturated rings. The highest BCUT2D eigenvalue weighted by Gasteiger charge is 2.30. The third kappa shape index (κ3) is 3.66. The largest absolute Gasteiger partial charge is 0.453 e. The van der Waals surface area contributed by atoms with E-state index in [2.05, 4.69) is 5.32 Å². The van der Waals surface area contributed by atoms with Gasteiger partial charge in [-0.3, -0.25) is 9.59 Å². The lowest BCUT2D eigenvalue weighted by molar-refractivity contribution is 0.0999. The van der Waals surface area contributed by atoms with E-state index in [0.29, 0.717) is 35.6 Å². The van der Waals surface area contributed by atoms with Crippen LogP contribution in [0, 0.1) is 13.8 Å². The van der Waals surface area contributed by atoms with E-state index in [1.165, 1.54) is 18.4 Å². The zero-order valence-electron chi connectivity index (χ0n) is 15.4. The minimum absolute atomic E-state index is 0.290. The Morgan fingerprint density at radius 1 is 1.26 bits per heavy atom. The Hall–Kier alpha value is -2.87. The number of aryl methyl sites for hydroxylation is 2. The molecule has 0 unspecified atom stereocenters. The number of rotatable bonds is 3. The van der Waals surface area contributed by atoms with Crippen LogP contribution >= 0.6 is 11.3 Å². The van der Waals surface area contributed by atoms with Gasteiger partial charge in [0.1, 0.15) is 5.00 Å². The van der Waals surface area contributed by atoms with Gasteiger partial charge < -0.3 is 20.7 Å². The van der Waals surface area contributed by atoms with Crippen molar-refractivity contribution in [2.24, 2.45) is 5.73 Å². The number of benzene rings is 1. The van der Waals surface area contributed by atoms with Crippen LogP contribution in [-0.4, -0.2) is 36.5 Å². The van der Waals surface area contributed by atoms with Gasteiger partial charge in [0.05, 0.1) is 19.2 Å². The van der Waals surface area contributed by atoms with E-state index in [4.69, 9.17) is 10.5 Å². The average molecular weight is 387 g/mol. The van der Waals surface area contributed by atoms with Gasteiger partial charge in [0.2, 0.25) is 0 Å². The molecule has 2 heterocycles. The number of ether oxygens (including phenoxy) is 1. The van der Waals surface area contributed by atoms with E-state index >= 15 is 0 Å². The van der Waals surface area contributed by atoms with Gasteiger partial charge >= 0.3 is 6.09 Å². The Labute approximate surface area is 161 Å². The SMILES string of the molecule is COC(=O)N1CCc2c(sc(NC(=O)c3cc(C)ccc3C)c2C(N)=O)C1. The number of anilines is 1. The molecule has 0 radical (unpaired) electrons. The van der Waals surface area contributed by atoms with E-state index in [9.17, 15) is 14.4 Å². The van der Waals surface area contributed by atoms with Gasteiger partial charge in [-0.2, -0.15) is 0 Å². The minimum Gasteiger partial charge on any atom is -0.453 e. The Balaban J connectivity index is 1.93. The first-order valence-electron chi connectivity index (χ1n) is 8.47. The Bertz CT molecular complexity index is 935. The minimum atomic E-state index is -0.588. The summed E-state index contributed by atoms with van der Waals surface area (Å²) in [6.45, 7) is 4.53. The van der Waals surface area contributed by atoms with E-state index in [-0.39, 0.29) is 5.91 Å². The zero-order valence-corrected chi connectivity index (χ0v) is 16.2. The van der Waals surface area contributed by atoms with Crippen LogP contribution in [0.3, 0.4) is 0 Å². The molecular weight excluding hydrogens is 366 g/mol. The molecule has 0 aliphatic carbocycles. The molecule has 0 spiro atoms. The number of hydrogen-bond donors (Lipinski definition) is 2. The van der Waals surface area contributed by atoms with E-state index in [1.807, 2.05) is 26.0 Å². The molecule has 3 N–H and O–H groups in total. The highest BCUT2D eigenvalue weighted by molar-refractivity contribution is 7.17. The van der Waals surface area contributed by atoms with E-state index in [0.717, 1.165) is 21.6 Å². The molecule has 1 aromatic heterocycles. The number of carbonyl (C=O) groups is 3. The predicted octanol–water partition coefficient (Wildman–Crippen LogP) is 2.84. The van der Waals surface area contributed by atoms with Gasteiger partial charge in [0.25, 0.3) is 11.8 Å². The van der Waals surface area contributed by atoms with Gasteiger partial charge in [0.15, 0.2) is 0 Å². The third-order valence-corrected chi connectivity index (χ3v) is 5.73. The second-order valence-electron chi connectivity index (χ2n) is 6.49. The quantitative estimate of drug-likeness (QED) is 0.845. The molecule has 3 amide bonds. The number of primary amides is 1. The summed E-state index contributed by atoms with van der Waals surface area (Å²) in [6.07, 6.45) is 0.0640. The first kappa shape index (κ1) is 18.9. The zero-order chi connectivity index (χ0) is 19.7. The van der Waals surface area contributed by atoms with Gasteiger partial charge in [-0.05, 0) is 37.5 Å². The summed E-state index contributed by atoms with van der Waals surface area (Å²) in [7, 11) is 1.33. The summed E-state index contributed by atoms with van der Waals surface area (Å²) in [5.41, 5.74) is 9.08. The summed E-state index contributed by atoms with van der Waals surface area (Å²) >= 11 is 1.27. The van der Waals surface area contributed by atoms with Crippen LogP contribution in [0.5, 0.6) is 0 Å². The normalized spacial score (nSPS) is 13.1. The number of thiophene rings is 1. The van der Waals surface area contributed by atoms with Crippen molar-refractivity contribution in [1.29, 1.82) is 0 Å². The standard InChI is InChI=1S/C19H21N3O4S/c1-10-4-5-11(2)13(8-10)17(24)21-18-15(16(20)23)12-6-7-22(19(25)26-3)9-14(12)27-18/h4-5,8H,6-7,9H2,1-3H3,(H2,20,23)(H,21,24). The molecule has 0 bridgehead atoms. The van der Waals surface area contributed by atoms with Gasteiger partial charge in [-0.1, -0.05) is 17.7 Å².